The van der Waals surface area contributed by atoms with Crippen molar-refractivity contribution in [3.8, 4) is 22.8 Å². The van der Waals surface area contributed by atoms with Crippen LogP contribution in [0.1, 0.15) is 39.1 Å². The van der Waals surface area contributed by atoms with E-state index in [0.29, 0.717) is 47.2 Å². The summed E-state index contributed by atoms with van der Waals surface area (Å²) in [6, 6.07) is 12.0. The fourth-order valence-electron chi connectivity index (χ4n) is 5.28. The smallest absolute Gasteiger partial charge is 0.506 e. The Morgan fingerprint density at radius 2 is 1.84 bits per heavy atom. The van der Waals surface area contributed by atoms with Gasteiger partial charge in [0, 0.05) is 35.7 Å². The number of nitrogens with one attached hydrogen (secondary N) is 2. The Bertz CT molecular complexity index is 1650. The molecule has 0 unspecified atom stereocenters. The van der Waals surface area contributed by atoms with E-state index in [4.69, 9.17) is 4.42 Å². The Kier molecular flexibility index (Phi) is 7.72. The number of phenols is 1. The average Bonchev–Trinajstić information content (AvgIpc) is 3.46. The van der Waals surface area contributed by atoms with Gasteiger partial charge < -0.3 is 29.8 Å². The summed E-state index contributed by atoms with van der Waals surface area (Å²) in [7, 11) is 0. The molecule has 1 aromatic heterocycles. The van der Waals surface area contributed by atoms with E-state index >= 15 is 4.39 Å². The van der Waals surface area contributed by atoms with Crippen molar-refractivity contribution in [1.82, 2.24) is 4.98 Å². The molecule has 0 saturated heterocycles. The number of hydrogen-bond acceptors (Lipinski definition) is 6. The molecule has 1 aliphatic rings. The van der Waals surface area contributed by atoms with Crippen molar-refractivity contribution in [1.29, 1.82) is 0 Å². The van der Waals surface area contributed by atoms with Crippen LogP contribution >= 0.6 is 0 Å². The third kappa shape index (κ3) is 6.37. The second kappa shape index (κ2) is 11.2. The first-order valence-electron chi connectivity index (χ1n) is 13.5. The van der Waals surface area contributed by atoms with Gasteiger partial charge in [0.25, 0.3) is 0 Å². The lowest BCUT2D eigenvalue weighted by molar-refractivity contribution is -0.274. The molecular weight excluding hydrogens is 568 g/mol. The predicted octanol–water partition coefficient (Wildman–Crippen LogP) is 8.36. The Morgan fingerprint density at radius 1 is 1.14 bits per heavy atom. The Labute approximate surface area is 245 Å². The summed E-state index contributed by atoms with van der Waals surface area (Å²) in [5, 5.41) is 16.4. The van der Waals surface area contributed by atoms with Gasteiger partial charge in [-0.15, -0.1) is 13.2 Å². The minimum Gasteiger partial charge on any atom is -0.506 e. The van der Waals surface area contributed by atoms with Crippen LogP contribution in [0.15, 0.2) is 65.3 Å². The molecule has 3 N–H and O–H groups in total. The summed E-state index contributed by atoms with van der Waals surface area (Å²) in [4.78, 5) is 19.2. The summed E-state index contributed by atoms with van der Waals surface area (Å²) in [5.74, 6) is -0.544. The molecule has 8 nitrogen and oxygen atoms in total. The molecule has 5 rings (SSSR count). The van der Waals surface area contributed by atoms with E-state index in [1.807, 2.05) is 32.6 Å². The molecule has 0 atom stereocenters. The standard InChI is InChI=1S/C31H30F4N4O4/c1-17(2)13-25-37-22(15-42-25)26-20(32)14-24(40)28-27(26)30(3,4)16-39(28)23-8-6-5-7-21(23)38-29(41)36-18-9-11-19(12-10-18)43-31(33,34)35/h5-12,14-15,17,40H,13,16H2,1-4H3,(H2,36,38,41). The van der Waals surface area contributed by atoms with Gasteiger partial charge in [-0.3, -0.25) is 0 Å². The molecule has 1 aliphatic heterocycles. The molecule has 2 amide bonds. The SMILES string of the molecule is CC(C)Cc1nc(-c2c(F)cc(O)c3c2C(C)(C)CN3c2ccccc2NC(=O)Nc2ccc(OC(F)(F)F)cc2)co1. The molecule has 4 aromatic rings. The minimum atomic E-state index is -4.83. The van der Waals surface area contributed by atoms with Gasteiger partial charge in [-0.05, 0) is 47.9 Å². The highest BCUT2D eigenvalue weighted by Gasteiger charge is 2.42. The van der Waals surface area contributed by atoms with Crippen LogP contribution in [0.25, 0.3) is 11.3 Å². The molecule has 0 spiro atoms. The summed E-state index contributed by atoms with van der Waals surface area (Å²) >= 11 is 0. The molecule has 226 valence electrons. The Hall–Kier alpha value is -4.74. The number of para-hydroxylation sites is 2. The topological polar surface area (TPSA) is 99.9 Å². The van der Waals surface area contributed by atoms with Gasteiger partial charge in [0.1, 0.15) is 29.3 Å². The maximum absolute atomic E-state index is 15.5. The number of nitrogens with zero attached hydrogens (tertiary/aromatic N) is 2. The number of ether oxygens (including phenoxy) is 1. The quantitative estimate of drug-likeness (QED) is 0.185. The van der Waals surface area contributed by atoms with Crippen molar-refractivity contribution in [2.45, 2.75) is 45.9 Å². The number of carbonyl (C=O) groups is 1. The number of aromatic hydroxyl groups is 1. The highest BCUT2D eigenvalue weighted by atomic mass is 19.4. The van der Waals surface area contributed by atoms with Gasteiger partial charge in [0.05, 0.1) is 17.1 Å². The largest absolute Gasteiger partial charge is 0.573 e. The van der Waals surface area contributed by atoms with Crippen LogP contribution in [0.3, 0.4) is 0 Å². The number of amides is 2. The molecule has 0 radical (unpaired) electrons. The average molecular weight is 599 g/mol. The van der Waals surface area contributed by atoms with Crippen LogP contribution in [0.5, 0.6) is 11.5 Å². The second-order valence-electron chi connectivity index (χ2n) is 11.3. The van der Waals surface area contributed by atoms with E-state index in [2.05, 4.69) is 20.4 Å². The molecule has 0 aliphatic carbocycles. The Morgan fingerprint density at radius 3 is 2.51 bits per heavy atom. The fourth-order valence-corrected chi connectivity index (χ4v) is 5.28. The zero-order valence-corrected chi connectivity index (χ0v) is 23.8. The minimum absolute atomic E-state index is 0.236. The van der Waals surface area contributed by atoms with Gasteiger partial charge in [-0.25, -0.2) is 14.2 Å². The zero-order chi connectivity index (χ0) is 31.1. The molecule has 3 aromatic carbocycles. The van der Waals surface area contributed by atoms with Gasteiger partial charge in [-0.1, -0.05) is 39.8 Å². The summed E-state index contributed by atoms with van der Waals surface area (Å²) in [6.45, 7) is 8.25. The number of aromatic nitrogens is 1. The number of carbonyl (C=O) groups excluding carboxylic acids is 1. The first kappa shape index (κ1) is 29.7. The molecule has 2 heterocycles. The van der Waals surface area contributed by atoms with Crippen molar-refractivity contribution < 1.29 is 36.6 Å². The van der Waals surface area contributed by atoms with Crippen molar-refractivity contribution in [3.05, 3.63) is 78.1 Å². The number of rotatable bonds is 7. The molecule has 0 saturated carbocycles. The third-order valence-corrected chi connectivity index (χ3v) is 6.91. The van der Waals surface area contributed by atoms with Crippen molar-refractivity contribution in [2.75, 3.05) is 22.1 Å². The number of anilines is 4. The maximum atomic E-state index is 15.5. The van der Waals surface area contributed by atoms with Crippen molar-refractivity contribution in [3.63, 3.8) is 0 Å². The maximum Gasteiger partial charge on any atom is 0.573 e. The first-order chi connectivity index (χ1) is 20.2. The highest BCUT2D eigenvalue weighted by molar-refractivity contribution is 6.03. The lowest BCUT2D eigenvalue weighted by Crippen LogP contribution is -2.27. The number of fused-ring (bicyclic) bond motifs is 1. The normalized spacial score (nSPS) is 14.1. The third-order valence-electron chi connectivity index (χ3n) is 6.91. The monoisotopic (exact) mass is 598 g/mol. The van der Waals surface area contributed by atoms with E-state index in [-0.39, 0.29) is 22.9 Å². The van der Waals surface area contributed by atoms with Crippen LogP contribution in [-0.4, -0.2) is 29.0 Å². The van der Waals surface area contributed by atoms with Gasteiger partial charge >= 0.3 is 12.4 Å². The van der Waals surface area contributed by atoms with Gasteiger partial charge in [0.15, 0.2) is 5.89 Å². The summed E-state index contributed by atoms with van der Waals surface area (Å²) in [6.07, 6.45) is -2.82. The molecule has 12 heteroatoms. The molecule has 0 bridgehead atoms. The number of urea groups is 1. The Balaban J connectivity index is 1.45. The van der Waals surface area contributed by atoms with E-state index in [9.17, 15) is 23.1 Å². The van der Waals surface area contributed by atoms with E-state index in [1.165, 1.54) is 18.4 Å². The lowest BCUT2D eigenvalue weighted by Gasteiger charge is -2.25. The van der Waals surface area contributed by atoms with Crippen LogP contribution < -0.4 is 20.3 Å². The number of halogens is 4. The number of alkyl halides is 3. The van der Waals surface area contributed by atoms with E-state index in [0.717, 1.165) is 18.2 Å². The highest BCUT2D eigenvalue weighted by Crippen LogP contribution is 2.54. The first-order valence-corrected chi connectivity index (χ1v) is 13.5. The predicted molar refractivity (Wildman–Crippen MR) is 154 cm³/mol. The molecular formula is C31H30F4N4O4. The summed E-state index contributed by atoms with van der Waals surface area (Å²) in [5.41, 5.74) is 1.99. The van der Waals surface area contributed by atoms with Crippen LogP contribution in [0, 0.1) is 11.7 Å². The van der Waals surface area contributed by atoms with Crippen molar-refractivity contribution >= 4 is 28.8 Å². The fraction of sp³-hybridized carbons (Fsp3) is 0.290. The zero-order valence-electron chi connectivity index (χ0n) is 23.8. The van der Waals surface area contributed by atoms with Gasteiger partial charge in [0.2, 0.25) is 0 Å². The van der Waals surface area contributed by atoms with Crippen LogP contribution in [-0.2, 0) is 11.8 Å². The lowest BCUT2D eigenvalue weighted by atomic mass is 9.82. The number of phenolic OH excluding ortho intramolecular Hbond substituents is 1. The number of benzene rings is 3. The van der Waals surface area contributed by atoms with E-state index < -0.39 is 29.4 Å². The van der Waals surface area contributed by atoms with Crippen molar-refractivity contribution in [2.24, 2.45) is 5.92 Å². The van der Waals surface area contributed by atoms with Crippen LogP contribution in [0.2, 0.25) is 0 Å². The van der Waals surface area contributed by atoms with E-state index in [1.54, 1.807) is 24.3 Å². The number of oxazole rings is 1. The summed E-state index contributed by atoms with van der Waals surface area (Å²) < 4.78 is 62.3. The number of hydrogen-bond donors (Lipinski definition) is 3. The molecule has 43 heavy (non-hydrogen) atoms. The molecule has 0 fully saturated rings. The van der Waals surface area contributed by atoms with Gasteiger partial charge in [-0.2, -0.15) is 0 Å². The second-order valence-corrected chi connectivity index (χ2v) is 11.3. The van der Waals surface area contributed by atoms with Crippen LogP contribution in [0.4, 0.5) is 45.1 Å².